The number of hydrogen-bond donors (Lipinski definition) is 1. The first-order valence-corrected chi connectivity index (χ1v) is 11.0. The number of ether oxygens (including phenoxy) is 2. The fourth-order valence-electron chi connectivity index (χ4n) is 4.11. The molecule has 0 fully saturated rings. The first-order valence-electron chi connectivity index (χ1n) is 11.0. The van der Waals surface area contributed by atoms with E-state index in [2.05, 4.69) is 15.4 Å². The van der Waals surface area contributed by atoms with E-state index in [0.29, 0.717) is 51.2 Å². The Morgan fingerprint density at radius 3 is 2.29 bits per heavy atom. The predicted octanol–water partition coefficient (Wildman–Crippen LogP) is 5.94. The lowest BCUT2D eigenvalue weighted by molar-refractivity contribution is 0.399. The van der Waals surface area contributed by atoms with Gasteiger partial charge in [0, 0.05) is 16.8 Å². The number of benzene rings is 3. The van der Waals surface area contributed by atoms with E-state index in [-0.39, 0.29) is 5.89 Å². The minimum absolute atomic E-state index is 0.281. The number of nitrogens with zero attached hydrogens (tertiary/aromatic N) is 3. The monoisotopic (exact) mass is 468 g/mol. The highest BCUT2D eigenvalue weighted by molar-refractivity contribution is 5.91. The van der Waals surface area contributed by atoms with Crippen molar-refractivity contribution in [2.75, 3.05) is 20.0 Å². The maximum atomic E-state index is 6.40. The molecule has 0 amide bonds. The van der Waals surface area contributed by atoms with Gasteiger partial charge in [-0.3, -0.25) is 0 Å². The van der Waals surface area contributed by atoms with Crippen molar-refractivity contribution in [1.29, 1.82) is 0 Å². The minimum Gasteiger partial charge on any atom is -0.496 e. The fourth-order valence-corrected chi connectivity index (χ4v) is 4.11. The maximum Gasteiger partial charge on any atom is 0.254 e. The molecule has 0 radical (unpaired) electrons. The van der Waals surface area contributed by atoms with Crippen LogP contribution in [0.1, 0.15) is 11.3 Å². The van der Waals surface area contributed by atoms with Crippen LogP contribution in [-0.4, -0.2) is 29.6 Å². The molecule has 8 heteroatoms. The molecule has 8 nitrogen and oxygen atoms in total. The summed E-state index contributed by atoms with van der Waals surface area (Å²) in [5, 5.41) is 12.8. The zero-order chi connectivity index (χ0) is 24.5. The Labute approximate surface area is 202 Å². The molecule has 0 aliphatic heterocycles. The van der Waals surface area contributed by atoms with Crippen LogP contribution in [-0.2, 0) is 0 Å². The molecule has 176 valence electrons. The van der Waals surface area contributed by atoms with E-state index < -0.39 is 0 Å². The van der Waals surface area contributed by atoms with E-state index in [0.717, 1.165) is 16.7 Å². The van der Waals surface area contributed by atoms with Gasteiger partial charge in [0.2, 0.25) is 0 Å². The molecule has 0 spiro atoms. The number of anilines is 1. The van der Waals surface area contributed by atoms with Gasteiger partial charge in [0.25, 0.3) is 11.8 Å². The van der Waals surface area contributed by atoms with E-state index in [4.69, 9.17) is 24.1 Å². The van der Waals surface area contributed by atoms with Crippen molar-refractivity contribution in [3.05, 3.63) is 72.0 Å². The van der Waals surface area contributed by atoms with Crippen LogP contribution in [0, 0.1) is 13.8 Å². The average molecular weight is 469 g/mol. The Kier molecular flexibility index (Phi) is 5.70. The molecule has 5 rings (SSSR count). The van der Waals surface area contributed by atoms with Crippen molar-refractivity contribution in [3.63, 3.8) is 0 Å². The molecule has 2 heterocycles. The molecular formula is C27H24N4O4. The van der Waals surface area contributed by atoms with E-state index in [1.54, 1.807) is 26.4 Å². The third kappa shape index (κ3) is 3.89. The Balaban J connectivity index is 1.64. The zero-order valence-electron chi connectivity index (χ0n) is 19.8. The van der Waals surface area contributed by atoms with E-state index in [1.165, 1.54) is 0 Å². The summed E-state index contributed by atoms with van der Waals surface area (Å²) in [6.45, 7) is 3.81. The lowest BCUT2D eigenvalue weighted by Gasteiger charge is -2.17. The molecule has 0 aliphatic rings. The van der Waals surface area contributed by atoms with Crippen molar-refractivity contribution < 1.29 is 18.4 Å². The Morgan fingerprint density at radius 2 is 1.54 bits per heavy atom. The van der Waals surface area contributed by atoms with Crippen LogP contribution in [0.4, 0.5) is 5.69 Å². The molecule has 0 saturated heterocycles. The fraction of sp³-hybridized carbons (Fsp3) is 0.148. The number of methoxy groups -OCH3 is 2. The lowest BCUT2D eigenvalue weighted by atomic mass is 9.97. The van der Waals surface area contributed by atoms with E-state index in [9.17, 15) is 0 Å². The van der Waals surface area contributed by atoms with Crippen molar-refractivity contribution in [2.45, 2.75) is 13.8 Å². The SMILES string of the molecule is COc1cc(C)ccc1-c1c(N)ccc(-c2nnc(-c3c(-c4ccccc4)noc3C)o2)c1OC. The number of aryl methyl sites for hydroxylation is 2. The highest BCUT2D eigenvalue weighted by Crippen LogP contribution is 2.46. The first kappa shape index (κ1) is 22.2. The van der Waals surface area contributed by atoms with Gasteiger partial charge in [-0.25, -0.2) is 0 Å². The second-order valence-corrected chi connectivity index (χ2v) is 8.06. The number of rotatable bonds is 6. The molecule has 0 bridgehead atoms. The highest BCUT2D eigenvalue weighted by Gasteiger charge is 2.25. The molecule has 3 aromatic carbocycles. The highest BCUT2D eigenvalue weighted by atomic mass is 16.5. The summed E-state index contributed by atoms with van der Waals surface area (Å²) in [5.74, 6) is 2.35. The average Bonchev–Trinajstić information content (AvgIpc) is 3.51. The number of nitrogen functional groups attached to an aromatic ring is 1. The molecule has 0 atom stereocenters. The van der Waals surface area contributed by atoms with Gasteiger partial charge in [-0.05, 0) is 37.6 Å². The van der Waals surface area contributed by atoms with Gasteiger partial charge in [0.05, 0.1) is 25.3 Å². The summed E-state index contributed by atoms with van der Waals surface area (Å²) in [5.41, 5.74) is 12.3. The summed E-state index contributed by atoms with van der Waals surface area (Å²) in [6.07, 6.45) is 0. The van der Waals surface area contributed by atoms with Crippen molar-refractivity contribution >= 4 is 5.69 Å². The number of aromatic nitrogens is 3. The third-order valence-electron chi connectivity index (χ3n) is 5.80. The van der Waals surface area contributed by atoms with Crippen LogP contribution in [0.2, 0.25) is 0 Å². The smallest absolute Gasteiger partial charge is 0.254 e. The quantitative estimate of drug-likeness (QED) is 0.305. The second kappa shape index (κ2) is 8.98. The summed E-state index contributed by atoms with van der Waals surface area (Å²) in [4.78, 5) is 0. The Hall–Kier alpha value is -4.59. The third-order valence-corrected chi connectivity index (χ3v) is 5.80. The summed E-state index contributed by atoms with van der Waals surface area (Å²) in [6, 6.07) is 19.2. The Morgan fingerprint density at radius 1 is 0.800 bits per heavy atom. The Bertz CT molecular complexity index is 1510. The van der Waals surface area contributed by atoms with Crippen LogP contribution < -0.4 is 15.2 Å². The first-order chi connectivity index (χ1) is 17.0. The van der Waals surface area contributed by atoms with Gasteiger partial charge in [-0.2, -0.15) is 0 Å². The van der Waals surface area contributed by atoms with Crippen LogP contribution in [0.5, 0.6) is 11.5 Å². The van der Waals surface area contributed by atoms with Crippen LogP contribution in [0.3, 0.4) is 0 Å². The van der Waals surface area contributed by atoms with Crippen molar-refractivity contribution in [2.24, 2.45) is 0 Å². The summed E-state index contributed by atoms with van der Waals surface area (Å²) in [7, 11) is 3.21. The normalized spacial score (nSPS) is 11.0. The van der Waals surface area contributed by atoms with Gasteiger partial charge in [0.1, 0.15) is 28.5 Å². The molecule has 5 aromatic rings. The predicted molar refractivity (Wildman–Crippen MR) is 133 cm³/mol. The number of nitrogens with two attached hydrogens (primary N) is 1. The number of hydrogen-bond acceptors (Lipinski definition) is 8. The van der Waals surface area contributed by atoms with Gasteiger partial charge >= 0.3 is 0 Å². The van der Waals surface area contributed by atoms with Gasteiger partial charge in [0.15, 0.2) is 0 Å². The van der Waals surface area contributed by atoms with E-state index in [1.807, 2.05) is 62.4 Å². The topological polar surface area (TPSA) is 109 Å². The molecule has 0 unspecified atom stereocenters. The van der Waals surface area contributed by atoms with Crippen molar-refractivity contribution in [3.8, 4) is 56.8 Å². The van der Waals surface area contributed by atoms with Crippen molar-refractivity contribution in [1.82, 2.24) is 15.4 Å². The van der Waals surface area contributed by atoms with Gasteiger partial charge in [-0.15, -0.1) is 10.2 Å². The van der Waals surface area contributed by atoms with E-state index >= 15 is 0 Å². The maximum absolute atomic E-state index is 6.40. The molecule has 2 N–H and O–H groups in total. The van der Waals surface area contributed by atoms with Gasteiger partial charge in [-0.1, -0.05) is 47.6 Å². The zero-order valence-corrected chi connectivity index (χ0v) is 19.8. The molecule has 35 heavy (non-hydrogen) atoms. The molecule has 2 aromatic heterocycles. The second-order valence-electron chi connectivity index (χ2n) is 8.06. The van der Waals surface area contributed by atoms with Crippen LogP contribution >= 0.6 is 0 Å². The molecule has 0 aliphatic carbocycles. The molecular weight excluding hydrogens is 444 g/mol. The van der Waals surface area contributed by atoms with Crippen LogP contribution in [0.15, 0.2) is 69.6 Å². The summed E-state index contributed by atoms with van der Waals surface area (Å²) < 4.78 is 23.0. The van der Waals surface area contributed by atoms with Gasteiger partial charge < -0.3 is 24.1 Å². The largest absolute Gasteiger partial charge is 0.496 e. The standard InChI is InChI=1S/C27H24N4O4/c1-15-10-11-18(21(14-15)32-3)23-20(28)13-12-19(25(23)33-4)26-29-30-27(34-26)22-16(2)35-31-24(22)17-8-6-5-7-9-17/h5-14H,28H2,1-4H3. The lowest BCUT2D eigenvalue weighted by Crippen LogP contribution is -1.99. The van der Waals surface area contributed by atoms with Crippen LogP contribution in [0.25, 0.3) is 45.3 Å². The minimum atomic E-state index is 0.281. The molecule has 0 saturated carbocycles. The summed E-state index contributed by atoms with van der Waals surface area (Å²) >= 11 is 0.